The first-order valence-corrected chi connectivity index (χ1v) is 8.51. The van der Waals surface area contributed by atoms with Crippen LogP contribution >= 0.6 is 15.9 Å². The molecule has 1 N–H and O–H groups in total. The third-order valence-electron chi connectivity index (χ3n) is 3.07. The van der Waals surface area contributed by atoms with E-state index in [0.29, 0.717) is 4.90 Å². The average Bonchev–Trinajstić information content (AvgIpc) is 2.42. The van der Waals surface area contributed by atoms with Crippen LogP contribution in [0.3, 0.4) is 0 Å². The van der Waals surface area contributed by atoms with Crippen LogP contribution in [-0.2, 0) is 10.0 Å². The zero-order chi connectivity index (χ0) is 14.8. The zero-order valence-corrected chi connectivity index (χ0v) is 13.7. The number of halogens is 1. The minimum atomic E-state index is -3.54. The first kappa shape index (κ1) is 15.2. The van der Waals surface area contributed by atoms with Gasteiger partial charge in [0.2, 0.25) is 10.0 Å². The lowest BCUT2D eigenvalue weighted by atomic mass is 10.1. The van der Waals surface area contributed by atoms with Crippen molar-refractivity contribution in [2.24, 2.45) is 0 Å². The van der Waals surface area contributed by atoms with Crippen LogP contribution in [0, 0.1) is 6.92 Å². The zero-order valence-electron chi connectivity index (χ0n) is 11.3. The molecule has 0 aliphatic heterocycles. The number of hydrogen-bond donors (Lipinski definition) is 1. The van der Waals surface area contributed by atoms with Gasteiger partial charge in [0.05, 0.1) is 4.90 Å². The molecule has 2 rings (SSSR count). The Labute approximate surface area is 128 Å². The fraction of sp³-hybridized carbons (Fsp3) is 0.200. The van der Waals surface area contributed by atoms with E-state index < -0.39 is 10.0 Å². The molecular weight excluding hydrogens is 338 g/mol. The van der Waals surface area contributed by atoms with Crippen LogP contribution < -0.4 is 4.72 Å². The number of nitrogens with one attached hydrogen (secondary N) is 1. The van der Waals surface area contributed by atoms with Crippen molar-refractivity contribution in [3.05, 3.63) is 64.1 Å². The maximum absolute atomic E-state index is 12.5. The van der Waals surface area contributed by atoms with Crippen molar-refractivity contribution >= 4 is 26.0 Å². The van der Waals surface area contributed by atoms with Crippen LogP contribution in [0.4, 0.5) is 0 Å². The van der Waals surface area contributed by atoms with Crippen LogP contribution in [0.1, 0.15) is 24.1 Å². The predicted molar refractivity (Wildman–Crippen MR) is 84.1 cm³/mol. The van der Waals surface area contributed by atoms with E-state index >= 15 is 0 Å². The Balaban J connectivity index is 2.30. The van der Waals surface area contributed by atoms with Gasteiger partial charge in [-0.15, -0.1) is 0 Å². The SMILES string of the molecule is Cc1ccc(Br)cc1S(=O)(=O)N[C@H](C)c1ccccc1. The summed E-state index contributed by atoms with van der Waals surface area (Å²) in [6, 6.07) is 14.5. The predicted octanol–water partition coefficient (Wildman–Crippen LogP) is 3.80. The molecule has 0 aliphatic rings. The van der Waals surface area contributed by atoms with E-state index in [0.717, 1.165) is 15.6 Å². The molecule has 0 saturated carbocycles. The second-order valence-corrected chi connectivity index (χ2v) is 7.26. The van der Waals surface area contributed by atoms with E-state index in [-0.39, 0.29) is 6.04 Å². The molecule has 0 amide bonds. The van der Waals surface area contributed by atoms with Crippen molar-refractivity contribution in [3.8, 4) is 0 Å². The highest BCUT2D eigenvalue weighted by Gasteiger charge is 2.20. The molecule has 106 valence electrons. The summed E-state index contributed by atoms with van der Waals surface area (Å²) in [5.41, 5.74) is 1.66. The molecule has 0 aromatic heterocycles. The van der Waals surface area contributed by atoms with E-state index in [1.807, 2.05) is 43.3 Å². The van der Waals surface area contributed by atoms with E-state index in [1.54, 1.807) is 19.1 Å². The lowest BCUT2D eigenvalue weighted by Gasteiger charge is -2.16. The fourth-order valence-corrected chi connectivity index (χ4v) is 3.98. The molecule has 3 nitrogen and oxygen atoms in total. The summed E-state index contributed by atoms with van der Waals surface area (Å²) in [7, 11) is -3.54. The highest BCUT2D eigenvalue weighted by molar-refractivity contribution is 9.10. The molecule has 2 aromatic carbocycles. The van der Waals surface area contributed by atoms with E-state index in [4.69, 9.17) is 0 Å². The lowest BCUT2D eigenvalue weighted by molar-refractivity contribution is 0.566. The molecule has 0 fully saturated rings. The summed E-state index contributed by atoms with van der Waals surface area (Å²) in [6.45, 7) is 3.62. The van der Waals surface area contributed by atoms with Gasteiger partial charge in [-0.3, -0.25) is 0 Å². The van der Waals surface area contributed by atoms with Crippen LogP contribution in [0.15, 0.2) is 57.9 Å². The van der Waals surface area contributed by atoms with Crippen molar-refractivity contribution in [3.63, 3.8) is 0 Å². The van der Waals surface area contributed by atoms with E-state index in [1.165, 1.54) is 0 Å². The van der Waals surface area contributed by atoms with Crippen molar-refractivity contribution in [2.75, 3.05) is 0 Å². The minimum absolute atomic E-state index is 0.278. The van der Waals surface area contributed by atoms with Crippen molar-refractivity contribution in [1.29, 1.82) is 0 Å². The Kier molecular flexibility index (Phi) is 4.62. The van der Waals surface area contributed by atoms with Gasteiger partial charge in [0.15, 0.2) is 0 Å². The monoisotopic (exact) mass is 353 g/mol. The molecule has 2 aromatic rings. The average molecular weight is 354 g/mol. The van der Waals surface area contributed by atoms with Gasteiger partial charge in [-0.1, -0.05) is 52.3 Å². The molecule has 0 saturated heterocycles. The molecule has 0 heterocycles. The third kappa shape index (κ3) is 3.48. The van der Waals surface area contributed by atoms with Gasteiger partial charge in [-0.25, -0.2) is 13.1 Å². The quantitative estimate of drug-likeness (QED) is 0.908. The Morgan fingerprint density at radius 3 is 2.40 bits per heavy atom. The van der Waals surface area contributed by atoms with Crippen molar-refractivity contribution in [2.45, 2.75) is 24.8 Å². The topological polar surface area (TPSA) is 46.2 Å². The standard InChI is InChI=1S/C15H16BrNO2S/c1-11-8-9-14(16)10-15(11)20(18,19)17-12(2)13-6-4-3-5-7-13/h3-10,12,17H,1-2H3/t12-/m1/s1. The number of hydrogen-bond acceptors (Lipinski definition) is 2. The summed E-state index contributed by atoms with van der Waals surface area (Å²) >= 11 is 3.31. The highest BCUT2D eigenvalue weighted by Crippen LogP contribution is 2.22. The van der Waals surface area contributed by atoms with Crippen molar-refractivity contribution < 1.29 is 8.42 Å². The molecule has 5 heteroatoms. The minimum Gasteiger partial charge on any atom is -0.207 e. The number of benzene rings is 2. The summed E-state index contributed by atoms with van der Waals surface area (Å²) in [4.78, 5) is 0.301. The molecule has 0 spiro atoms. The molecular formula is C15H16BrNO2S. The van der Waals surface area contributed by atoms with E-state index in [9.17, 15) is 8.42 Å². The van der Waals surface area contributed by atoms with Crippen molar-refractivity contribution in [1.82, 2.24) is 4.72 Å². The second-order valence-electron chi connectivity index (χ2n) is 4.66. The second kappa shape index (κ2) is 6.08. The van der Waals surface area contributed by atoms with Gasteiger partial charge in [0, 0.05) is 10.5 Å². The van der Waals surface area contributed by atoms with Crippen LogP contribution in [-0.4, -0.2) is 8.42 Å². The Hall–Kier alpha value is -1.17. The fourth-order valence-electron chi connectivity index (χ4n) is 1.97. The largest absolute Gasteiger partial charge is 0.241 e. The van der Waals surface area contributed by atoms with Crippen LogP contribution in [0.2, 0.25) is 0 Å². The summed E-state index contributed by atoms with van der Waals surface area (Å²) in [5.74, 6) is 0. The van der Waals surface area contributed by atoms with Gasteiger partial charge in [-0.05, 0) is 37.1 Å². The van der Waals surface area contributed by atoms with E-state index in [2.05, 4.69) is 20.7 Å². The molecule has 1 atom stereocenters. The molecule has 0 radical (unpaired) electrons. The third-order valence-corrected chi connectivity index (χ3v) is 5.25. The maximum Gasteiger partial charge on any atom is 0.241 e. The smallest absolute Gasteiger partial charge is 0.207 e. The lowest BCUT2D eigenvalue weighted by Crippen LogP contribution is -2.27. The maximum atomic E-state index is 12.5. The summed E-state index contributed by atoms with van der Waals surface area (Å²) in [6.07, 6.45) is 0. The first-order valence-electron chi connectivity index (χ1n) is 6.23. The molecule has 20 heavy (non-hydrogen) atoms. The number of sulfonamides is 1. The Morgan fingerprint density at radius 2 is 1.75 bits per heavy atom. The first-order chi connectivity index (χ1) is 9.40. The Bertz CT molecular complexity index is 699. The summed E-state index contributed by atoms with van der Waals surface area (Å²) < 4.78 is 28.4. The molecule has 0 unspecified atom stereocenters. The van der Waals surface area contributed by atoms with Gasteiger partial charge >= 0.3 is 0 Å². The molecule has 0 aliphatic carbocycles. The normalized spacial score (nSPS) is 13.2. The van der Waals surface area contributed by atoms with Gasteiger partial charge in [0.25, 0.3) is 0 Å². The highest BCUT2D eigenvalue weighted by atomic mass is 79.9. The molecule has 0 bridgehead atoms. The van der Waals surface area contributed by atoms with Crippen LogP contribution in [0.5, 0.6) is 0 Å². The number of rotatable bonds is 4. The van der Waals surface area contributed by atoms with Gasteiger partial charge < -0.3 is 0 Å². The summed E-state index contributed by atoms with van der Waals surface area (Å²) in [5, 5.41) is 0. The number of aryl methyl sites for hydroxylation is 1. The van der Waals surface area contributed by atoms with Gasteiger partial charge in [-0.2, -0.15) is 0 Å². The van der Waals surface area contributed by atoms with Gasteiger partial charge in [0.1, 0.15) is 0 Å². The Morgan fingerprint density at radius 1 is 1.10 bits per heavy atom. The van der Waals surface area contributed by atoms with Crippen LogP contribution in [0.25, 0.3) is 0 Å².